The summed E-state index contributed by atoms with van der Waals surface area (Å²) >= 11 is 1.91. The molecular weight excluding hydrogens is 228 g/mol. The van der Waals surface area contributed by atoms with E-state index in [2.05, 4.69) is 15.4 Å². The molecule has 0 saturated carbocycles. The van der Waals surface area contributed by atoms with Crippen LogP contribution in [0.4, 0.5) is 4.79 Å². The van der Waals surface area contributed by atoms with E-state index < -0.39 is 0 Å². The molecule has 2 rings (SSSR count). The number of carbonyl (C=O) groups excluding carboxylic acids is 2. The Kier molecular flexibility index (Phi) is 3.93. The number of amides is 2. The molecule has 2 aliphatic rings. The summed E-state index contributed by atoms with van der Waals surface area (Å²) in [7, 11) is 0. The van der Waals surface area contributed by atoms with Gasteiger partial charge in [-0.25, -0.2) is 4.79 Å². The number of nitrogens with one attached hydrogen (secondary N) is 2. The van der Waals surface area contributed by atoms with E-state index in [9.17, 15) is 9.59 Å². The van der Waals surface area contributed by atoms with Gasteiger partial charge < -0.3 is 15.4 Å². The first-order chi connectivity index (χ1) is 7.81. The Labute approximate surface area is 98.7 Å². The monoisotopic (exact) mass is 244 g/mol. The van der Waals surface area contributed by atoms with Crippen molar-refractivity contribution in [2.75, 3.05) is 12.4 Å². The summed E-state index contributed by atoms with van der Waals surface area (Å²) in [5.74, 6) is 0.999. The van der Waals surface area contributed by atoms with Crippen molar-refractivity contribution in [1.29, 1.82) is 0 Å². The van der Waals surface area contributed by atoms with Gasteiger partial charge in [-0.2, -0.15) is 11.8 Å². The Balaban J connectivity index is 1.66. The van der Waals surface area contributed by atoms with Crippen LogP contribution in [0.15, 0.2) is 0 Å². The Bertz CT molecular complexity index is 275. The molecule has 0 aromatic rings. The second-order valence-electron chi connectivity index (χ2n) is 4.08. The predicted molar refractivity (Wildman–Crippen MR) is 61.4 cm³/mol. The van der Waals surface area contributed by atoms with Gasteiger partial charge in [-0.3, -0.25) is 4.79 Å². The molecule has 6 heteroatoms. The third-order valence-electron chi connectivity index (χ3n) is 3.01. The molecule has 0 spiro atoms. The molecule has 0 bridgehead atoms. The van der Waals surface area contributed by atoms with Crippen LogP contribution in [-0.2, 0) is 9.53 Å². The zero-order valence-electron chi connectivity index (χ0n) is 8.98. The molecule has 2 heterocycles. The van der Waals surface area contributed by atoms with E-state index in [4.69, 9.17) is 0 Å². The SMILES string of the molecule is O=COCCCCC1SC[C@@H]2NC(=O)N[C@H]12. The molecular formula is C10H16N2O3S. The predicted octanol–water partition coefficient (Wildman–Crippen LogP) is 0.495. The minimum atomic E-state index is -0.0374. The topological polar surface area (TPSA) is 67.4 Å². The van der Waals surface area contributed by atoms with Crippen LogP contribution in [0, 0.1) is 0 Å². The van der Waals surface area contributed by atoms with E-state index in [1.807, 2.05) is 11.8 Å². The smallest absolute Gasteiger partial charge is 0.315 e. The summed E-state index contributed by atoms with van der Waals surface area (Å²) < 4.78 is 4.63. The second kappa shape index (κ2) is 5.43. The number of unbranched alkanes of at least 4 members (excludes halogenated alkanes) is 1. The Hall–Kier alpha value is -0.910. The maximum atomic E-state index is 11.1. The van der Waals surface area contributed by atoms with E-state index in [0.29, 0.717) is 24.4 Å². The third-order valence-corrected chi connectivity index (χ3v) is 4.52. The van der Waals surface area contributed by atoms with Gasteiger partial charge >= 0.3 is 6.03 Å². The molecule has 2 aliphatic heterocycles. The second-order valence-corrected chi connectivity index (χ2v) is 5.36. The first kappa shape index (κ1) is 11.6. The van der Waals surface area contributed by atoms with E-state index >= 15 is 0 Å². The van der Waals surface area contributed by atoms with Crippen LogP contribution in [0.3, 0.4) is 0 Å². The van der Waals surface area contributed by atoms with Crippen molar-refractivity contribution in [3.63, 3.8) is 0 Å². The number of fused-ring (bicyclic) bond motifs is 1. The lowest BCUT2D eigenvalue weighted by molar-refractivity contribution is -0.128. The molecule has 0 aliphatic carbocycles. The van der Waals surface area contributed by atoms with Gasteiger partial charge in [0.15, 0.2) is 0 Å². The molecule has 16 heavy (non-hydrogen) atoms. The molecule has 2 saturated heterocycles. The summed E-state index contributed by atoms with van der Waals surface area (Å²) in [6.07, 6.45) is 3.00. The zero-order chi connectivity index (χ0) is 11.4. The summed E-state index contributed by atoms with van der Waals surface area (Å²) in [4.78, 5) is 21.1. The number of ether oxygens (including phenoxy) is 1. The van der Waals surface area contributed by atoms with Crippen molar-refractivity contribution in [2.45, 2.75) is 36.6 Å². The molecule has 0 aromatic heterocycles. The van der Waals surface area contributed by atoms with Gasteiger partial charge in [0.05, 0.1) is 18.7 Å². The van der Waals surface area contributed by atoms with E-state index in [1.54, 1.807) is 0 Å². The van der Waals surface area contributed by atoms with Gasteiger partial charge in [-0.1, -0.05) is 0 Å². The fourth-order valence-corrected chi connectivity index (χ4v) is 3.77. The summed E-state index contributed by atoms with van der Waals surface area (Å²) in [5.41, 5.74) is 0. The van der Waals surface area contributed by atoms with Crippen LogP contribution >= 0.6 is 11.8 Å². The van der Waals surface area contributed by atoms with Gasteiger partial charge in [0.2, 0.25) is 0 Å². The normalized spacial score (nSPS) is 31.8. The highest BCUT2D eigenvalue weighted by atomic mass is 32.2. The number of urea groups is 1. The lowest BCUT2D eigenvalue weighted by Crippen LogP contribution is -2.36. The van der Waals surface area contributed by atoms with Crippen LogP contribution in [0.25, 0.3) is 0 Å². The summed E-state index contributed by atoms with van der Waals surface area (Å²) in [6.45, 7) is 0.987. The average Bonchev–Trinajstić information content (AvgIpc) is 2.78. The third kappa shape index (κ3) is 2.61. The molecule has 3 atom stereocenters. The summed E-state index contributed by atoms with van der Waals surface area (Å²) in [5, 5.41) is 6.37. The number of hydrogen-bond acceptors (Lipinski definition) is 4. The fourth-order valence-electron chi connectivity index (χ4n) is 2.22. The average molecular weight is 244 g/mol. The van der Waals surface area contributed by atoms with E-state index in [0.717, 1.165) is 25.0 Å². The molecule has 90 valence electrons. The molecule has 1 unspecified atom stereocenters. The van der Waals surface area contributed by atoms with Crippen LogP contribution in [0.2, 0.25) is 0 Å². The van der Waals surface area contributed by atoms with Crippen LogP contribution < -0.4 is 10.6 Å². The van der Waals surface area contributed by atoms with Gasteiger partial charge in [-0.15, -0.1) is 0 Å². The Morgan fingerprint density at radius 1 is 1.44 bits per heavy atom. The zero-order valence-corrected chi connectivity index (χ0v) is 9.79. The van der Waals surface area contributed by atoms with Crippen LogP contribution in [0.1, 0.15) is 19.3 Å². The van der Waals surface area contributed by atoms with E-state index in [1.165, 1.54) is 0 Å². The van der Waals surface area contributed by atoms with E-state index in [-0.39, 0.29) is 12.1 Å². The maximum absolute atomic E-state index is 11.1. The molecule has 2 N–H and O–H groups in total. The molecule has 2 amide bonds. The van der Waals surface area contributed by atoms with Gasteiger partial charge in [0, 0.05) is 11.0 Å². The highest BCUT2D eigenvalue weighted by Gasteiger charge is 2.42. The first-order valence-electron chi connectivity index (χ1n) is 5.55. The number of rotatable bonds is 6. The largest absolute Gasteiger partial charge is 0.468 e. The van der Waals surface area contributed by atoms with Crippen molar-refractivity contribution in [2.24, 2.45) is 0 Å². The van der Waals surface area contributed by atoms with Crippen molar-refractivity contribution in [1.82, 2.24) is 10.6 Å². The van der Waals surface area contributed by atoms with Crippen LogP contribution in [-0.4, -0.2) is 42.2 Å². The lowest BCUT2D eigenvalue weighted by atomic mass is 10.0. The van der Waals surface area contributed by atoms with Crippen molar-refractivity contribution < 1.29 is 14.3 Å². The molecule has 2 fully saturated rings. The fraction of sp³-hybridized carbons (Fsp3) is 0.800. The quantitative estimate of drug-likeness (QED) is 0.405. The maximum Gasteiger partial charge on any atom is 0.315 e. The van der Waals surface area contributed by atoms with Gasteiger partial charge in [0.1, 0.15) is 0 Å². The highest BCUT2D eigenvalue weighted by Crippen LogP contribution is 2.32. The molecule has 5 nitrogen and oxygen atoms in total. The number of hydrogen-bond donors (Lipinski definition) is 2. The number of thioether (sulfide) groups is 1. The molecule has 0 radical (unpaired) electrons. The van der Waals surface area contributed by atoms with Gasteiger partial charge in [-0.05, 0) is 19.3 Å². The standard InChI is InChI=1S/C10H16N2O3S/c13-6-15-4-2-1-3-8-9-7(5-16-8)11-10(14)12-9/h6-9H,1-5H2,(H2,11,12,14)/t7-,8?,9-/m0/s1. The lowest BCUT2D eigenvalue weighted by Gasteiger charge is -2.16. The Morgan fingerprint density at radius 3 is 3.12 bits per heavy atom. The van der Waals surface area contributed by atoms with Crippen molar-refractivity contribution in [3.8, 4) is 0 Å². The first-order valence-corrected chi connectivity index (χ1v) is 6.60. The minimum Gasteiger partial charge on any atom is -0.468 e. The number of carbonyl (C=O) groups is 2. The molecule has 0 aromatic carbocycles. The Morgan fingerprint density at radius 2 is 2.31 bits per heavy atom. The summed E-state index contributed by atoms with van der Waals surface area (Å²) in [6, 6.07) is 0.544. The van der Waals surface area contributed by atoms with Crippen LogP contribution in [0.5, 0.6) is 0 Å². The van der Waals surface area contributed by atoms with Crippen molar-refractivity contribution in [3.05, 3.63) is 0 Å². The van der Waals surface area contributed by atoms with Crippen molar-refractivity contribution >= 4 is 24.3 Å². The highest BCUT2D eigenvalue weighted by molar-refractivity contribution is 8.00. The van der Waals surface area contributed by atoms with Gasteiger partial charge in [0.25, 0.3) is 6.47 Å². The minimum absolute atomic E-state index is 0.0374.